The topological polar surface area (TPSA) is 86.7 Å². The molecule has 5 aliphatic rings. The molecule has 0 saturated heterocycles. The summed E-state index contributed by atoms with van der Waals surface area (Å²) < 4.78 is 10.7. The molecule has 0 unspecified atom stereocenters. The van der Waals surface area contributed by atoms with Crippen LogP contribution in [-0.2, 0) is 28.7 Å². The fourth-order valence-electron chi connectivity index (χ4n) is 8.09. The Bertz CT molecular complexity index is 957. The molecule has 3 fully saturated rings. The summed E-state index contributed by atoms with van der Waals surface area (Å²) in [5, 5.41) is 0. The van der Waals surface area contributed by atoms with E-state index in [1.807, 2.05) is 6.08 Å². The SMILES string of the molecule is CCOC(=O)C1(C(=O)OCC)[C@H]2[C@@H]1C(=O)C=C1C=C[C@@H]3[C@H](CC[C@]4(C)C(=O)CC[C@@H]34)[C@]12C. The van der Waals surface area contributed by atoms with Crippen LogP contribution in [0.1, 0.15) is 53.4 Å². The monoisotopic (exact) mass is 440 g/mol. The zero-order valence-corrected chi connectivity index (χ0v) is 19.3. The first-order valence-electron chi connectivity index (χ1n) is 12.0. The van der Waals surface area contributed by atoms with Gasteiger partial charge >= 0.3 is 11.9 Å². The van der Waals surface area contributed by atoms with E-state index in [2.05, 4.69) is 19.9 Å². The maximum absolute atomic E-state index is 13.2. The number of allylic oxidation sites excluding steroid dienone is 4. The first-order chi connectivity index (χ1) is 15.2. The molecule has 6 nitrogen and oxygen atoms in total. The van der Waals surface area contributed by atoms with Crippen molar-refractivity contribution >= 4 is 23.5 Å². The van der Waals surface area contributed by atoms with Crippen molar-refractivity contribution in [3.05, 3.63) is 23.8 Å². The van der Waals surface area contributed by atoms with E-state index in [-0.39, 0.29) is 42.2 Å². The van der Waals surface area contributed by atoms with Crippen LogP contribution in [0.3, 0.4) is 0 Å². The third-order valence-corrected chi connectivity index (χ3v) is 9.61. The molecule has 0 aromatic rings. The highest BCUT2D eigenvalue weighted by atomic mass is 16.6. The Labute approximate surface area is 188 Å². The van der Waals surface area contributed by atoms with Crippen LogP contribution >= 0.6 is 0 Å². The van der Waals surface area contributed by atoms with Gasteiger partial charge in [-0.2, -0.15) is 0 Å². The van der Waals surface area contributed by atoms with E-state index in [1.54, 1.807) is 19.9 Å². The highest BCUT2D eigenvalue weighted by molar-refractivity contribution is 6.14. The van der Waals surface area contributed by atoms with Gasteiger partial charge in [0.05, 0.1) is 19.1 Å². The molecule has 6 heteroatoms. The van der Waals surface area contributed by atoms with Crippen molar-refractivity contribution in [3.63, 3.8) is 0 Å². The molecule has 32 heavy (non-hydrogen) atoms. The molecule has 0 amide bonds. The van der Waals surface area contributed by atoms with Crippen molar-refractivity contribution in [1.82, 2.24) is 0 Å². The molecule has 0 radical (unpaired) electrons. The second-order valence-electron chi connectivity index (χ2n) is 10.6. The molecule has 172 valence electrons. The average molecular weight is 441 g/mol. The molecule has 3 saturated carbocycles. The van der Waals surface area contributed by atoms with E-state index in [1.165, 1.54) is 0 Å². The Morgan fingerprint density at radius 3 is 2.31 bits per heavy atom. The maximum Gasteiger partial charge on any atom is 0.324 e. The van der Waals surface area contributed by atoms with Gasteiger partial charge in [-0.1, -0.05) is 26.0 Å². The summed E-state index contributed by atoms with van der Waals surface area (Å²) in [7, 11) is 0. The van der Waals surface area contributed by atoms with E-state index in [0.29, 0.717) is 12.2 Å². The maximum atomic E-state index is 13.2. The fraction of sp³-hybridized carbons (Fsp3) is 0.692. The minimum Gasteiger partial charge on any atom is -0.465 e. The molecule has 0 aliphatic heterocycles. The largest absolute Gasteiger partial charge is 0.465 e. The summed E-state index contributed by atoms with van der Waals surface area (Å²) in [4.78, 5) is 52.3. The quantitative estimate of drug-likeness (QED) is 0.492. The lowest BCUT2D eigenvalue weighted by molar-refractivity contribution is -0.167. The molecule has 0 aromatic carbocycles. The zero-order chi connectivity index (χ0) is 23.1. The van der Waals surface area contributed by atoms with Crippen molar-refractivity contribution in [1.29, 1.82) is 0 Å². The van der Waals surface area contributed by atoms with Gasteiger partial charge in [-0.3, -0.25) is 19.2 Å². The average Bonchev–Trinajstić information content (AvgIpc) is 3.39. The summed E-state index contributed by atoms with van der Waals surface area (Å²) in [6.45, 7) is 7.90. The van der Waals surface area contributed by atoms with Gasteiger partial charge in [-0.25, -0.2) is 0 Å². The molecule has 0 heterocycles. The van der Waals surface area contributed by atoms with Crippen molar-refractivity contribution in [2.45, 2.75) is 53.4 Å². The van der Waals surface area contributed by atoms with Crippen molar-refractivity contribution in [2.24, 2.45) is 45.8 Å². The number of hydrogen-bond donors (Lipinski definition) is 0. The van der Waals surface area contributed by atoms with Crippen LogP contribution in [0.4, 0.5) is 0 Å². The van der Waals surface area contributed by atoms with Gasteiger partial charge in [0.2, 0.25) is 0 Å². The van der Waals surface area contributed by atoms with Crippen LogP contribution in [0.5, 0.6) is 0 Å². The van der Waals surface area contributed by atoms with Gasteiger partial charge in [0.1, 0.15) is 5.78 Å². The van der Waals surface area contributed by atoms with Gasteiger partial charge in [0.15, 0.2) is 11.2 Å². The summed E-state index contributed by atoms with van der Waals surface area (Å²) in [6.07, 6.45) is 8.99. The molecular formula is C26H32O6. The standard InChI is InChI=1S/C26H32O6/c1-5-31-22(29)26(23(30)32-6-2)20-18(27)13-14-7-8-15-16-9-10-19(28)24(16,3)12-11-17(15)25(14,4)21(20)26/h7-8,13,15-17,20-21H,5-6,9-12H2,1-4H3/t15-,16-,17-,20-,21-,24-,25-/m0/s1. The number of ether oxygens (including phenoxy) is 2. The van der Waals surface area contributed by atoms with Gasteiger partial charge in [0.25, 0.3) is 0 Å². The number of carbonyl (C=O) groups excluding carboxylic acids is 4. The summed E-state index contributed by atoms with van der Waals surface area (Å²) in [6, 6.07) is 0. The summed E-state index contributed by atoms with van der Waals surface area (Å²) >= 11 is 0. The molecule has 0 aromatic heterocycles. The Hall–Kier alpha value is -2.24. The number of rotatable bonds is 4. The number of hydrogen-bond acceptors (Lipinski definition) is 6. The van der Waals surface area contributed by atoms with Crippen molar-refractivity contribution < 1.29 is 28.7 Å². The van der Waals surface area contributed by atoms with Gasteiger partial charge in [0, 0.05) is 23.2 Å². The molecule has 7 atom stereocenters. The first kappa shape index (κ1) is 21.6. The molecule has 5 aliphatic carbocycles. The van der Waals surface area contributed by atoms with E-state index in [0.717, 1.165) is 24.8 Å². The van der Waals surface area contributed by atoms with Crippen LogP contribution in [0.25, 0.3) is 0 Å². The second kappa shape index (κ2) is 6.88. The lowest BCUT2D eigenvalue weighted by atomic mass is 9.48. The smallest absolute Gasteiger partial charge is 0.324 e. The highest BCUT2D eigenvalue weighted by Gasteiger charge is 2.85. The fourth-order valence-corrected chi connectivity index (χ4v) is 8.09. The normalized spacial score (nSPS) is 42.8. The molecule has 0 bridgehead atoms. The second-order valence-corrected chi connectivity index (χ2v) is 10.6. The van der Waals surface area contributed by atoms with Crippen LogP contribution in [0.15, 0.2) is 23.8 Å². The first-order valence-corrected chi connectivity index (χ1v) is 12.0. The minimum absolute atomic E-state index is 0.138. The number of fused-ring (bicyclic) bond motifs is 7. The van der Waals surface area contributed by atoms with Gasteiger partial charge in [-0.15, -0.1) is 0 Å². The third-order valence-electron chi connectivity index (χ3n) is 9.61. The molecule has 5 rings (SSSR count). The lowest BCUT2D eigenvalue weighted by Gasteiger charge is -2.54. The number of esters is 2. The van der Waals surface area contributed by atoms with Crippen LogP contribution in [0, 0.1) is 45.8 Å². The van der Waals surface area contributed by atoms with Crippen LogP contribution in [-0.4, -0.2) is 36.7 Å². The zero-order valence-electron chi connectivity index (χ0n) is 19.3. The molecule has 0 spiro atoms. The Morgan fingerprint density at radius 2 is 1.69 bits per heavy atom. The molecule has 0 N–H and O–H groups in total. The Kier molecular flexibility index (Phi) is 4.64. The summed E-state index contributed by atoms with van der Waals surface area (Å²) in [5.41, 5.74) is -1.49. The van der Waals surface area contributed by atoms with Crippen molar-refractivity contribution in [3.8, 4) is 0 Å². The highest BCUT2D eigenvalue weighted by Crippen LogP contribution is 2.76. The predicted molar refractivity (Wildman–Crippen MR) is 115 cm³/mol. The lowest BCUT2D eigenvalue weighted by Crippen LogP contribution is -2.50. The summed E-state index contributed by atoms with van der Waals surface area (Å²) in [5.74, 6) is -1.70. The van der Waals surface area contributed by atoms with E-state index < -0.39 is 34.6 Å². The third kappa shape index (κ3) is 2.36. The Balaban J connectivity index is 1.61. The van der Waals surface area contributed by atoms with Crippen molar-refractivity contribution in [2.75, 3.05) is 13.2 Å². The van der Waals surface area contributed by atoms with Gasteiger partial charge < -0.3 is 9.47 Å². The number of Topliss-reactive ketones (excluding diaryl/α,β-unsaturated/α-hetero) is 1. The number of ketones is 2. The Morgan fingerprint density at radius 1 is 1.03 bits per heavy atom. The van der Waals surface area contributed by atoms with E-state index in [9.17, 15) is 19.2 Å². The van der Waals surface area contributed by atoms with Crippen LogP contribution < -0.4 is 0 Å². The minimum atomic E-state index is -1.57. The number of carbonyl (C=O) groups is 4. The predicted octanol–water partition coefficient (Wildman–Crippen LogP) is 3.44. The van der Waals surface area contributed by atoms with Crippen LogP contribution in [0.2, 0.25) is 0 Å². The molecular weight excluding hydrogens is 408 g/mol. The van der Waals surface area contributed by atoms with E-state index >= 15 is 0 Å². The van der Waals surface area contributed by atoms with Gasteiger partial charge in [-0.05, 0) is 62.5 Å². The van der Waals surface area contributed by atoms with E-state index in [4.69, 9.17) is 9.47 Å².